The average Bonchev–Trinajstić information content (AvgIpc) is 2.74. The molecule has 0 aliphatic carbocycles. The molecule has 1 saturated heterocycles. The molecule has 29 heavy (non-hydrogen) atoms. The normalized spacial score (nSPS) is 16.0. The summed E-state index contributed by atoms with van der Waals surface area (Å²) in [5, 5.41) is 12.5. The van der Waals surface area contributed by atoms with Crippen LogP contribution in [-0.2, 0) is 6.42 Å². The number of nitrogens with zero attached hydrogens (tertiary/aromatic N) is 2. The first kappa shape index (κ1) is 21.2. The van der Waals surface area contributed by atoms with Crippen molar-refractivity contribution in [3.63, 3.8) is 0 Å². The molecule has 5 nitrogen and oxygen atoms in total. The quantitative estimate of drug-likeness (QED) is 0.744. The number of likely N-dealkylation sites (N-methyl/N-ethyl adjacent to an activating group) is 1. The Labute approximate surface area is 174 Å². The number of urea groups is 1. The Bertz CT molecular complexity index is 753. The van der Waals surface area contributed by atoms with Crippen LogP contribution in [0.1, 0.15) is 36.4 Å². The molecule has 5 heteroatoms. The van der Waals surface area contributed by atoms with Crippen molar-refractivity contribution in [1.82, 2.24) is 15.1 Å². The average molecular weight is 396 g/mol. The maximum atomic E-state index is 12.6. The molecule has 2 amide bonds. The number of hydrogen-bond acceptors (Lipinski definition) is 3. The third kappa shape index (κ3) is 6.23. The molecule has 3 rings (SSSR count). The lowest BCUT2D eigenvalue weighted by atomic mass is 9.90. The zero-order valence-corrected chi connectivity index (χ0v) is 17.6. The van der Waals surface area contributed by atoms with E-state index in [9.17, 15) is 9.90 Å². The number of nitrogens with one attached hydrogen (secondary N) is 1. The summed E-state index contributed by atoms with van der Waals surface area (Å²) in [5.41, 5.74) is 2.48. The lowest BCUT2D eigenvalue weighted by Crippen LogP contribution is -2.46. The maximum absolute atomic E-state index is 12.6. The van der Waals surface area contributed by atoms with Crippen molar-refractivity contribution in [3.05, 3.63) is 65.7 Å². The third-order valence-electron chi connectivity index (χ3n) is 5.93. The summed E-state index contributed by atoms with van der Waals surface area (Å²) in [4.78, 5) is 16.7. The van der Waals surface area contributed by atoms with Crippen LogP contribution in [0.3, 0.4) is 0 Å². The van der Waals surface area contributed by atoms with Crippen LogP contribution < -0.4 is 5.32 Å². The van der Waals surface area contributed by atoms with Crippen molar-refractivity contribution in [3.8, 4) is 5.75 Å². The van der Waals surface area contributed by atoms with E-state index in [1.54, 1.807) is 12.1 Å². The fourth-order valence-corrected chi connectivity index (χ4v) is 4.03. The van der Waals surface area contributed by atoms with Crippen LogP contribution in [0.2, 0.25) is 0 Å². The van der Waals surface area contributed by atoms with Crippen LogP contribution >= 0.6 is 0 Å². The van der Waals surface area contributed by atoms with E-state index >= 15 is 0 Å². The van der Waals surface area contributed by atoms with Gasteiger partial charge in [-0.25, -0.2) is 4.79 Å². The summed E-state index contributed by atoms with van der Waals surface area (Å²) in [6.45, 7) is 2.25. The SMILES string of the molecule is CN(C)C(CNC(=O)N1CCC(CCc2ccc(O)cc2)CC1)c1ccccc1. The van der Waals surface area contributed by atoms with Gasteiger partial charge in [-0.2, -0.15) is 0 Å². The molecule has 1 fully saturated rings. The first-order chi connectivity index (χ1) is 14.0. The second kappa shape index (κ2) is 10.3. The Kier molecular flexibility index (Phi) is 7.53. The topological polar surface area (TPSA) is 55.8 Å². The lowest BCUT2D eigenvalue weighted by molar-refractivity contribution is 0.164. The van der Waals surface area contributed by atoms with E-state index in [-0.39, 0.29) is 12.1 Å². The van der Waals surface area contributed by atoms with Crippen LogP contribution in [0.4, 0.5) is 4.79 Å². The van der Waals surface area contributed by atoms with E-state index in [1.165, 1.54) is 11.1 Å². The van der Waals surface area contributed by atoms with Gasteiger partial charge in [-0.3, -0.25) is 0 Å². The number of rotatable bonds is 7. The number of aromatic hydroxyl groups is 1. The highest BCUT2D eigenvalue weighted by Gasteiger charge is 2.23. The number of hydrogen-bond donors (Lipinski definition) is 2. The minimum Gasteiger partial charge on any atom is -0.508 e. The number of phenols is 1. The summed E-state index contributed by atoms with van der Waals surface area (Å²) in [6.07, 6.45) is 4.28. The summed E-state index contributed by atoms with van der Waals surface area (Å²) in [6, 6.07) is 18.0. The summed E-state index contributed by atoms with van der Waals surface area (Å²) < 4.78 is 0. The van der Waals surface area contributed by atoms with Gasteiger partial charge < -0.3 is 20.2 Å². The van der Waals surface area contributed by atoms with Gasteiger partial charge in [-0.1, -0.05) is 42.5 Å². The fourth-order valence-electron chi connectivity index (χ4n) is 4.03. The Hall–Kier alpha value is -2.53. The van der Waals surface area contributed by atoms with Gasteiger partial charge in [0.1, 0.15) is 5.75 Å². The van der Waals surface area contributed by atoms with Gasteiger partial charge in [0, 0.05) is 19.6 Å². The third-order valence-corrected chi connectivity index (χ3v) is 5.93. The molecule has 1 aliphatic heterocycles. The van der Waals surface area contributed by atoms with Crippen LogP contribution in [0.5, 0.6) is 5.75 Å². The van der Waals surface area contributed by atoms with E-state index in [2.05, 4.69) is 22.3 Å². The number of carbonyl (C=O) groups excluding carboxylic acids is 1. The molecule has 0 saturated carbocycles. The molecule has 156 valence electrons. The van der Waals surface area contributed by atoms with Crippen molar-refractivity contribution in [1.29, 1.82) is 0 Å². The molecule has 2 aromatic rings. The Morgan fingerprint density at radius 1 is 1.10 bits per heavy atom. The highest BCUT2D eigenvalue weighted by atomic mass is 16.3. The highest BCUT2D eigenvalue weighted by molar-refractivity contribution is 5.74. The first-order valence-corrected chi connectivity index (χ1v) is 10.5. The lowest BCUT2D eigenvalue weighted by Gasteiger charge is -2.33. The van der Waals surface area contributed by atoms with Crippen LogP contribution in [0.15, 0.2) is 54.6 Å². The van der Waals surface area contributed by atoms with Crippen LogP contribution in [-0.4, -0.2) is 54.7 Å². The van der Waals surface area contributed by atoms with Crippen molar-refractivity contribution in [2.75, 3.05) is 33.7 Å². The Balaban J connectivity index is 1.41. The molecule has 1 atom stereocenters. The van der Waals surface area contributed by atoms with Crippen molar-refractivity contribution in [2.45, 2.75) is 31.7 Å². The van der Waals surface area contributed by atoms with Gasteiger partial charge in [0.05, 0.1) is 6.04 Å². The van der Waals surface area contributed by atoms with E-state index in [4.69, 9.17) is 0 Å². The molecule has 1 unspecified atom stereocenters. The van der Waals surface area contributed by atoms with E-state index in [1.807, 2.05) is 49.3 Å². The highest BCUT2D eigenvalue weighted by Crippen LogP contribution is 2.23. The van der Waals surface area contributed by atoms with Crippen molar-refractivity contribution in [2.24, 2.45) is 5.92 Å². The smallest absolute Gasteiger partial charge is 0.317 e. The predicted molar refractivity (Wildman–Crippen MR) is 117 cm³/mol. The minimum absolute atomic E-state index is 0.0461. The predicted octanol–water partition coefficient (Wildman–Crippen LogP) is 4.05. The van der Waals surface area contributed by atoms with Crippen LogP contribution in [0, 0.1) is 5.92 Å². The molecular weight excluding hydrogens is 362 g/mol. The monoisotopic (exact) mass is 395 g/mol. The molecule has 0 aromatic heterocycles. The number of piperidine rings is 1. The van der Waals surface area contributed by atoms with E-state index in [0.717, 1.165) is 38.8 Å². The minimum atomic E-state index is 0.0461. The largest absolute Gasteiger partial charge is 0.508 e. The Morgan fingerprint density at radius 2 is 1.76 bits per heavy atom. The molecule has 2 aromatic carbocycles. The standard InChI is InChI=1S/C24H33N3O2/c1-26(2)23(21-6-4-3-5-7-21)18-25-24(29)27-16-14-20(15-17-27)9-8-19-10-12-22(28)13-11-19/h3-7,10-13,20,23,28H,8-9,14-18H2,1-2H3,(H,25,29). The number of benzene rings is 2. The fraction of sp³-hybridized carbons (Fsp3) is 0.458. The van der Waals surface area contributed by atoms with E-state index in [0.29, 0.717) is 18.2 Å². The van der Waals surface area contributed by atoms with Crippen molar-refractivity contribution >= 4 is 6.03 Å². The van der Waals surface area contributed by atoms with Gasteiger partial charge in [0.25, 0.3) is 0 Å². The van der Waals surface area contributed by atoms with Crippen molar-refractivity contribution < 1.29 is 9.90 Å². The maximum Gasteiger partial charge on any atom is 0.317 e. The number of amides is 2. The van der Waals surface area contributed by atoms with Gasteiger partial charge >= 0.3 is 6.03 Å². The molecule has 0 bridgehead atoms. The van der Waals surface area contributed by atoms with Gasteiger partial charge in [-0.05, 0) is 69.0 Å². The molecule has 0 radical (unpaired) electrons. The second-order valence-corrected chi connectivity index (χ2v) is 8.21. The zero-order valence-electron chi connectivity index (χ0n) is 17.6. The molecule has 1 aliphatic rings. The summed E-state index contributed by atoms with van der Waals surface area (Å²) >= 11 is 0. The summed E-state index contributed by atoms with van der Waals surface area (Å²) in [7, 11) is 4.09. The number of phenolic OH excluding ortho intramolecular Hbond substituents is 1. The molecule has 2 N–H and O–H groups in total. The number of likely N-dealkylation sites (tertiary alicyclic amines) is 1. The molecule has 0 spiro atoms. The van der Waals surface area contributed by atoms with Gasteiger partial charge in [-0.15, -0.1) is 0 Å². The number of aryl methyl sites for hydroxylation is 1. The zero-order chi connectivity index (χ0) is 20.6. The van der Waals surface area contributed by atoms with Gasteiger partial charge in [0.15, 0.2) is 0 Å². The molecular formula is C24H33N3O2. The Morgan fingerprint density at radius 3 is 2.38 bits per heavy atom. The van der Waals surface area contributed by atoms with E-state index < -0.39 is 0 Å². The molecule has 1 heterocycles. The van der Waals surface area contributed by atoms with Crippen LogP contribution in [0.25, 0.3) is 0 Å². The summed E-state index contributed by atoms with van der Waals surface area (Å²) in [5.74, 6) is 0.975. The second-order valence-electron chi connectivity index (χ2n) is 8.21. The van der Waals surface area contributed by atoms with Gasteiger partial charge in [0.2, 0.25) is 0 Å². The number of carbonyl (C=O) groups is 1. The first-order valence-electron chi connectivity index (χ1n) is 10.5.